The minimum atomic E-state index is -0.798. The predicted molar refractivity (Wildman–Crippen MR) is 127 cm³/mol. The van der Waals surface area contributed by atoms with E-state index >= 15 is 0 Å². The van der Waals surface area contributed by atoms with Crippen molar-refractivity contribution in [3.8, 4) is 0 Å². The SMILES string of the molecule is CC(=O)Nc1cccc(NC(=O)[C@H](Cc2c[nH]c3ccccc23)NC(=O)c2cccs2)c1. The topological polar surface area (TPSA) is 103 Å². The van der Waals surface area contributed by atoms with E-state index in [9.17, 15) is 14.4 Å². The summed E-state index contributed by atoms with van der Waals surface area (Å²) in [5.41, 5.74) is 3.00. The first-order valence-corrected chi connectivity index (χ1v) is 11.0. The van der Waals surface area contributed by atoms with Gasteiger partial charge in [0.2, 0.25) is 11.8 Å². The number of aromatic nitrogens is 1. The third-order valence-corrected chi connectivity index (χ3v) is 5.78. The second-order valence-corrected chi connectivity index (χ2v) is 8.27. The van der Waals surface area contributed by atoms with Crippen LogP contribution >= 0.6 is 11.3 Å². The molecule has 2 aromatic carbocycles. The highest BCUT2D eigenvalue weighted by Gasteiger charge is 2.24. The number of aromatic amines is 1. The Morgan fingerprint density at radius 2 is 1.75 bits per heavy atom. The maximum atomic E-state index is 13.2. The van der Waals surface area contributed by atoms with Gasteiger partial charge in [-0.1, -0.05) is 30.3 Å². The molecule has 0 unspecified atom stereocenters. The fourth-order valence-electron chi connectivity index (χ4n) is 3.47. The molecule has 0 aliphatic heterocycles. The second-order valence-electron chi connectivity index (χ2n) is 7.32. The molecule has 0 spiro atoms. The molecule has 4 N–H and O–H groups in total. The molecule has 0 fully saturated rings. The molecule has 0 aliphatic rings. The molecule has 0 aliphatic carbocycles. The standard InChI is InChI=1S/C24H22N4O3S/c1-15(29)26-17-6-4-7-18(13-17)27-23(30)21(28-24(31)22-10-5-11-32-22)12-16-14-25-20-9-3-2-8-19(16)20/h2-11,13-14,21,25H,12H2,1H3,(H,26,29)(H,27,30)(H,28,31)/t21-/m0/s1. The first kappa shape index (κ1) is 21.3. The lowest BCUT2D eigenvalue weighted by Crippen LogP contribution is -2.45. The van der Waals surface area contributed by atoms with Crippen LogP contribution in [0.2, 0.25) is 0 Å². The van der Waals surface area contributed by atoms with Crippen molar-refractivity contribution in [3.63, 3.8) is 0 Å². The Bertz CT molecular complexity index is 1260. The first-order chi connectivity index (χ1) is 15.5. The Labute approximate surface area is 188 Å². The molecular formula is C24H22N4O3S. The van der Waals surface area contributed by atoms with Gasteiger partial charge < -0.3 is 20.9 Å². The Hall–Kier alpha value is -3.91. The fourth-order valence-corrected chi connectivity index (χ4v) is 4.10. The summed E-state index contributed by atoms with van der Waals surface area (Å²) in [5, 5.41) is 11.2. The lowest BCUT2D eigenvalue weighted by molar-refractivity contribution is -0.118. The van der Waals surface area contributed by atoms with Gasteiger partial charge >= 0.3 is 0 Å². The Morgan fingerprint density at radius 1 is 0.969 bits per heavy atom. The molecule has 7 nitrogen and oxygen atoms in total. The zero-order valence-corrected chi connectivity index (χ0v) is 18.2. The molecule has 4 aromatic rings. The van der Waals surface area contributed by atoms with E-state index in [1.807, 2.05) is 35.8 Å². The van der Waals surface area contributed by atoms with Crippen LogP contribution in [0.1, 0.15) is 22.2 Å². The van der Waals surface area contributed by atoms with E-state index in [2.05, 4.69) is 20.9 Å². The minimum Gasteiger partial charge on any atom is -0.361 e. The number of nitrogens with one attached hydrogen (secondary N) is 4. The largest absolute Gasteiger partial charge is 0.361 e. The van der Waals surface area contributed by atoms with E-state index in [0.29, 0.717) is 22.7 Å². The normalized spacial score (nSPS) is 11.7. The van der Waals surface area contributed by atoms with Crippen LogP contribution in [0, 0.1) is 0 Å². The van der Waals surface area contributed by atoms with Gasteiger partial charge in [-0.05, 0) is 41.3 Å². The number of H-pyrrole nitrogens is 1. The summed E-state index contributed by atoms with van der Waals surface area (Å²) in [4.78, 5) is 41.0. The van der Waals surface area contributed by atoms with Crippen molar-refractivity contribution in [1.82, 2.24) is 10.3 Å². The van der Waals surface area contributed by atoms with E-state index in [1.54, 1.807) is 36.4 Å². The lowest BCUT2D eigenvalue weighted by atomic mass is 10.0. The van der Waals surface area contributed by atoms with Crippen LogP contribution in [0.3, 0.4) is 0 Å². The smallest absolute Gasteiger partial charge is 0.262 e. The summed E-state index contributed by atoms with van der Waals surface area (Å²) in [6, 6.07) is 17.4. The van der Waals surface area contributed by atoms with E-state index in [1.165, 1.54) is 18.3 Å². The Balaban J connectivity index is 1.57. The number of carbonyl (C=O) groups excluding carboxylic acids is 3. The molecule has 2 aromatic heterocycles. The van der Waals surface area contributed by atoms with Gasteiger partial charge in [-0.3, -0.25) is 14.4 Å². The molecule has 8 heteroatoms. The van der Waals surface area contributed by atoms with Crippen LogP contribution in [0.15, 0.2) is 72.2 Å². The third kappa shape index (κ3) is 5.04. The molecule has 0 bridgehead atoms. The monoisotopic (exact) mass is 446 g/mol. The average Bonchev–Trinajstić information content (AvgIpc) is 3.44. The molecule has 1 atom stereocenters. The van der Waals surface area contributed by atoms with Crippen molar-refractivity contribution in [3.05, 3.63) is 82.7 Å². The van der Waals surface area contributed by atoms with Crippen LogP contribution < -0.4 is 16.0 Å². The zero-order chi connectivity index (χ0) is 22.5. The number of fused-ring (bicyclic) bond motifs is 1. The maximum absolute atomic E-state index is 13.2. The zero-order valence-electron chi connectivity index (χ0n) is 17.3. The summed E-state index contributed by atoms with van der Waals surface area (Å²) in [7, 11) is 0. The second kappa shape index (κ2) is 9.49. The quantitative estimate of drug-likeness (QED) is 0.343. The number of hydrogen-bond donors (Lipinski definition) is 4. The summed E-state index contributed by atoms with van der Waals surface area (Å²) in [6.07, 6.45) is 2.18. The highest BCUT2D eigenvalue weighted by molar-refractivity contribution is 7.12. The van der Waals surface area contributed by atoms with E-state index in [0.717, 1.165) is 16.5 Å². The molecule has 4 rings (SSSR count). The van der Waals surface area contributed by atoms with Gasteiger partial charge in [0, 0.05) is 41.8 Å². The van der Waals surface area contributed by atoms with Gasteiger partial charge in [-0.25, -0.2) is 0 Å². The number of benzene rings is 2. The van der Waals surface area contributed by atoms with Crippen LogP contribution in [-0.4, -0.2) is 28.7 Å². The number of rotatable bonds is 7. The van der Waals surface area contributed by atoms with Gasteiger partial charge in [0.1, 0.15) is 6.04 Å². The van der Waals surface area contributed by atoms with Crippen LogP contribution in [0.5, 0.6) is 0 Å². The predicted octanol–water partition coefficient (Wildman–Crippen LogP) is 4.17. The summed E-state index contributed by atoms with van der Waals surface area (Å²) < 4.78 is 0. The van der Waals surface area contributed by atoms with Crippen molar-refractivity contribution >= 4 is 51.3 Å². The number of amides is 3. The Morgan fingerprint density at radius 3 is 2.50 bits per heavy atom. The highest BCUT2D eigenvalue weighted by Crippen LogP contribution is 2.21. The first-order valence-electron chi connectivity index (χ1n) is 10.1. The maximum Gasteiger partial charge on any atom is 0.262 e. The van der Waals surface area contributed by atoms with Crippen LogP contribution in [0.25, 0.3) is 10.9 Å². The Kier molecular flexibility index (Phi) is 6.32. The third-order valence-electron chi connectivity index (χ3n) is 4.92. The van der Waals surface area contributed by atoms with E-state index in [4.69, 9.17) is 0 Å². The van der Waals surface area contributed by atoms with Crippen molar-refractivity contribution < 1.29 is 14.4 Å². The summed E-state index contributed by atoms with van der Waals surface area (Å²) >= 11 is 1.32. The van der Waals surface area contributed by atoms with Crippen molar-refractivity contribution in [1.29, 1.82) is 0 Å². The van der Waals surface area contributed by atoms with Crippen LogP contribution in [0.4, 0.5) is 11.4 Å². The van der Waals surface area contributed by atoms with Gasteiger partial charge in [0.25, 0.3) is 5.91 Å². The summed E-state index contributed by atoms with van der Waals surface area (Å²) in [5.74, 6) is -0.846. The fraction of sp³-hybridized carbons (Fsp3) is 0.125. The summed E-state index contributed by atoms with van der Waals surface area (Å²) in [6.45, 7) is 1.42. The molecule has 0 saturated heterocycles. The molecule has 162 valence electrons. The molecule has 32 heavy (non-hydrogen) atoms. The van der Waals surface area contributed by atoms with Gasteiger partial charge in [-0.2, -0.15) is 0 Å². The van der Waals surface area contributed by atoms with Crippen molar-refractivity contribution in [2.75, 3.05) is 10.6 Å². The number of thiophene rings is 1. The molecule has 0 saturated carbocycles. The number of para-hydroxylation sites is 1. The van der Waals surface area contributed by atoms with E-state index < -0.39 is 6.04 Å². The minimum absolute atomic E-state index is 0.200. The van der Waals surface area contributed by atoms with Crippen LogP contribution in [-0.2, 0) is 16.0 Å². The van der Waals surface area contributed by atoms with Gasteiger partial charge in [-0.15, -0.1) is 11.3 Å². The molecule has 3 amide bonds. The lowest BCUT2D eigenvalue weighted by Gasteiger charge is -2.18. The van der Waals surface area contributed by atoms with Crippen molar-refractivity contribution in [2.24, 2.45) is 0 Å². The number of carbonyl (C=O) groups is 3. The molecule has 2 heterocycles. The molecular weight excluding hydrogens is 424 g/mol. The number of anilines is 2. The van der Waals surface area contributed by atoms with Crippen molar-refractivity contribution in [2.45, 2.75) is 19.4 Å². The van der Waals surface area contributed by atoms with E-state index in [-0.39, 0.29) is 17.7 Å². The van der Waals surface area contributed by atoms with Gasteiger partial charge in [0.05, 0.1) is 4.88 Å². The highest BCUT2D eigenvalue weighted by atomic mass is 32.1. The van der Waals surface area contributed by atoms with Gasteiger partial charge in [0.15, 0.2) is 0 Å². The molecule has 0 radical (unpaired) electrons. The number of hydrogen-bond acceptors (Lipinski definition) is 4. The average molecular weight is 447 g/mol.